The fraction of sp³-hybridized carbons (Fsp3) is 0.316. The van der Waals surface area contributed by atoms with E-state index >= 15 is 0 Å². The molecule has 0 aromatic heterocycles. The van der Waals surface area contributed by atoms with Crippen molar-refractivity contribution in [3.8, 4) is 17.2 Å². The lowest BCUT2D eigenvalue weighted by atomic mass is 10.2. The van der Waals surface area contributed by atoms with Gasteiger partial charge in [0.1, 0.15) is 17.2 Å². The number of halogens is 1. The molecule has 0 aliphatic heterocycles. The molecule has 2 N–H and O–H groups in total. The molecule has 26 heavy (non-hydrogen) atoms. The third kappa shape index (κ3) is 6.29. The van der Waals surface area contributed by atoms with Crippen molar-refractivity contribution in [3.05, 3.63) is 53.6 Å². The second-order valence-electron chi connectivity index (χ2n) is 5.31. The van der Waals surface area contributed by atoms with Crippen molar-refractivity contribution in [3.63, 3.8) is 0 Å². The zero-order valence-electron chi connectivity index (χ0n) is 15.5. The Hall–Kier alpha value is -2.16. The fourth-order valence-corrected chi connectivity index (χ4v) is 2.37. The van der Waals surface area contributed by atoms with E-state index in [2.05, 4.69) is 15.6 Å². The van der Waals surface area contributed by atoms with Crippen LogP contribution in [0.5, 0.6) is 17.2 Å². The van der Waals surface area contributed by atoms with E-state index in [1.807, 2.05) is 42.5 Å². The summed E-state index contributed by atoms with van der Waals surface area (Å²) in [7, 11) is 6.69. The Bertz CT molecular complexity index is 723. The zero-order valence-corrected chi connectivity index (χ0v) is 17.9. The molecule has 0 spiro atoms. The van der Waals surface area contributed by atoms with Crippen LogP contribution in [-0.2, 0) is 13.1 Å². The summed E-state index contributed by atoms with van der Waals surface area (Å²) >= 11 is 0. The minimum Gasteiger partial charge on any atom is -0.497 e. The average molecular weight is 471 g/mol. The first-order valence-electron chi connectivity index (χ1n) is 7.98. The molecule has 0 amide bonds. The van der Waals surface area contributed by atoms with E-state index in [1.165, 1.54) is 0 Å². The number of rotatable bonds is 7. The largest absolute Gasteiger partial charge is 0.497 e. The van der Waals surface area contributed by atoms with Crippen molar-refractivity contribution >= 4 is 29.9 Å². The summed E-state index contributed by atoms with van der Waals surface area (Å²) in [6.07, 6.45) is 0. The van der Waals surface area contributed by atoms with Gasteiger partial charge >= 0.3 is 0 Å². The first-order valence-corrected chi connectivity index (χ1v) is 7.98. The van der Waals surface area contributed by atoms with Crippen molar-refractivity contribution in [1.82, 2.24) is 10.6 Å². The Labute approximate surface area is 172 Å². The monoisotopic (exact) mass is 471 g/mol. The van der Waals surface area contributed by atoms with Crippen LogP contribution in [0.4, 0.5) is 0 Å². The van der Waals surface area contributed by atoms with Crippen molar-refractivity contribution in [1.29, 1.82) is 0 Å². The molecule has 142 valence electrons. The van der Waals surface area contributed by atoms with Gasteiger partial charge in [0.05, 0.1) is 21.3 Å². The zero-order chi connectivity index (χ0) is 18.1. The number of nitrogens with one attached hydrogen (secondary N) is 2. The highest BCUT2D eigenvalue weighted by molar-refractivity contribution is 14.0. The molecule has 0 aliphatic carbocycles. The Morgan fingerprint density at radius 2 is 1.58 bits per heavy atom. The van der Waals surface area contributed by atoms with Crippen molar-refractivity contribution < 1.29 is 14.2 Å². The maximum Gasteiger partial charge on any atom is 0.191 e. The van der Waals surface area contributed by atoms with E-state index in [0.717, 1.165) is 28.4 Å². The standard InChI is InChI=1S/C19H25N3O3.HI/c1-20-19(21-12-14-6-5-7-16(10-14)23-2)22-13-15-8-9-17(24-3)11-18(15)25-4;/h5-11H,12-13H2,1-4H3,(H2,20,21,22);1H. The summed E-state index contributed by atoms with van der Waals surface area (Å²) in [5.74, 6) is 3.09. The SMILES string of the molecule is CN=C(NCc1cccc(OC)c1)NCc1ccc(OC)cc1OC.I. The van der Waals surface area contributed by atoms with E-state index in [-0.39, 0.29) is 24.0 Å². The topological polar surface area (TPSA) is 64.1 Å². The average Bonchev–Trinajstić information content (AvgIpc) is 2.68. The molecule has 6 nitrogen and oxygen atoms in total. The summed E-state index contributed by atoms with van der Waals surface area (Å²) in [5, 5.41) is 6.57. The van der Waals surface area contributed by atoms with Gasteiger partial charge in [-0.3, -0.25) is 4.99 Å². The van der Waals surface area contributed by atoms with E-state index in [4.69, 9.17) is 14.2 Å². The van der Waals surface area contributed by atoms with Crippen LogP contribution in [0, 0.1) is 0 Å². The van der Waals surface area contributed by atoms with Gasteiger partial charge in [0.15, 0.2) is 5.96 Å². The van der Waals surface area contributed by atoms with Gasteiger partial charge in [-0.2, -0.15) is 0 Å². The molecule has 0 heterocycles. The number of guanidine groups is 1. The molecule has 2 aromatic carbocycles. The maximum atomic E-state index is 5.41. The van der Waals surface area contributed by atoms with Crippen molar-refractivity contribution in [2.24, 2.45) is 4.99 Å². The Morgan fingerprint density at radius 3 is 2.23 bits per heavy atom. The third-order valence-electron chi connectivity index (χ3n) is 3.76. The molecule has 0 aliphatic rings. The lowest BCUT2D eigenvalue weighted by molar-refractivity contribution is 0.390. The van der Waals surface area contributed by atoms with E-state index < -0.39 is 0 Å². The van der Waals surface area contributed by atoms with Crippen LogP contribution in [0.25, 0.3) is 0 Å². The van der Waals surface area contributed by atoms with Gasteiger partial charge in [-0.1, -0.05) is 12.1 Å². The molecule has 0 fully saturated rings. The number of hydrogen-bond donors (Lipinski definition) is 2. The van der Waals surface area contributed by atoms with Gasteiger partial charge in [-0.25, -0.2) is 0 Å². The molecule has 2 rings (SSSR count). The highest BCUT2D eigenvalue weighted by atomic mass is 127. The van der Waals surface area contributed by atoms with Crippen LogP contribution in [0.2, 0.25) is 0 Å². The highest BCUT2D eigenvalue weighted by Crippen LogP contribution is 2.24. The molecular weight excluding hydrogens is 445 g/mol. The first-order chi connectivity index (χ1) is 12.2. The lowest BCUT2D eigenvalue weighted by Gasteiger charge is -2.14. The molecule has 0 unspecified atom stereocenters. The summed E-state index contributed by atoms with van der Waals surface area (Å²) in [5.41, 5.74) is 2.14. The number of ether oxygens (including phenoxy) is 3. The minimum absolute atomic E-state index is 0. The quantitative estimate of drug-likeness (QED) is 0.369. The second-order valence-corrected chi connectivity index (χ2v) is 5.31. The van der Waals surface area contributed by atoms with Crippen molar-refractivity contribution in [2.75, 3.05) is 28.4 Å². The van der Waals surface area contributed by atoms with Crippen LogP contribution in [0.15, 0.2) is 47.5 Å². The predicted octanol–water partition coefficient (Wildman–Crippen LogP) is 3.20. The second kappa shape index (κ2) is 11.5. The Balaban J connectivity index is 0.00000338. The minimum atomic E-state index is 0. The third-order valence-corrected chi connectivity index (χ3v) is 3.76. The predicted molar refractivity (Wildman–Crippen MR) is 115 cm³/mol. The summed E-state index contributed by atoms with van der Waals surface area (Å²) < 4.78 is 15.9. The Kier molecular flexibility index (Phi) is 9.64. The lowest BCUT2D eigenvalue weighted by Crippen LogP contribution is -2.36. The fourth-order valence-electron chi connectivity index (χ4n) is 2.37. The van der Waals surface area contributed by atoms with E-state index in [0.29, 0.717) is 19.0 Å². The van der Waals surface area contributed by atoms with Gasteiger partial charge in [-0.15, -0.1) is 24.0 Å². The van der Waals surface area contributed by atoms with Crippen LogP contribution in [0.1, 0.15) is 11.1 Å². The molecular formula is C19H26IN3O3. The molecule has 0 saturated heterocycles. The number of nitrogens with zero attached hydrogens (tertiary/aromatic N) is 1. The van der Waals surface area contributed by atoms with E-state index in [1.54, 1.807) is 28.4 Å². The van der Waals surface area contributed by atoms with Crippen LogP contribution in [-0.4, -0.2) is 34.3 Å². The molecule has 7 heteroatoms. The maximum absolute atomic E-state index is 5.41. The molecule has 0 atom stereocenters. The number of methoxy groups -OCH3 is 3. The van der Waals surface area contributed by atoms with Gasteiger partial charge in [0.25, 0.3) is 0 Å². The van der Waals surface area contributed by atoms with Gasteiger partial charge in [0, 0.05) is 31.8 Å². The van der Waals surface area contributed by atoms with Gasteiger partial charge in [0.2, 0.25) is 0 Å². The smallest absolute Gasteiger partial charge is 0.191 e. The highest BCUT2D eigenvalue weighted by Gasteiger charge is 2.06. The van der Waals surface area contributed by atoms with Crippen LogP contribution in [0.3, 0.4) is 0 Å². The molecule has 0 saturated carbocycles. The summed E-state index contributed by atoms with van der Waals surface area (Å²) in [6, 6.07) is 13.7. The van der Waals surface area contributed by atoms with E-state index in [9.17, 15) is 0 Å². The van der Waals surface area contributed by atoms with Crippen LogP contribution >= 0.6 is 24.0 Å². The van der Waals surface area contributed by atoms with Crippen molar-refractivity contribution in [2.45, 2.75) is 13.1 Å². The molecule has 0 bridgehead atoms. The number of hydrogen-bond acceptors (Lipinski definition) is 4. The first kappa shape index (κ1) is 21.9. The number of benzene rings is 2. The van der Waals surface area contributed by atoms with Gasteiger partial charge in [-0.05, 0) is 29.8 Å². The normalized spacial score (nSPS) is 10.5. The van der Waals surface area contributed by atoms with Crippen LogP contribution < -0.4 is 24.8 Å². The summed E-state index contributed by atoms with van der Waals surface area (Å²) in [6.45, 7) is 1.24. The van der Waals surface area contributed by atoms with Gasteiger partial charge < -0.3 is 24.8 Å². The molecule has 2 aromatic rings. The summed E-state index contributed by atoms with van der Waals surface area (Å²) in [4.78, 5) is 4.25. The Morgan fingerprint density at radius 1 is 0.885 bits per heavy atom. The molecule has 0 radical (unpaired) electrons. The number of aliphatic imine (C=N–C) groups is 1.